The number of hydrogen-bond acceptors (Lipinski definition) is 4. The molecule has 1 N–H and O–H groups in total. The second-order valence-electron chi connectivity index (χ2n) is 4.84. The van der Waals surface area contributed by atoms with Crippen molar-refractivity contribution in [2.45, 2.75) is 26.3 Å². The maximum absolute atomic E-state index is 12.8. The van der Waals surface area contributed by atoms with E-state index in [-0.39, 0.29) is 9.80 Å². The van der Waals surface area contributed by atoms with E-state index in [4.69, 9.17) is 12.3 Å². The molecule has 1 fully saturated rings. The van der Waals surface area contributed by atoms with Crippen molar-refractivity contribution in [1.82, 2.24) is 10.2 Å². The van der Waals surface area contributed by atoms with Crippen LogP contribution in [0, 0.1) is 0 Å². The highest BCUT2D eigenvalue weighted by atomic mass is 19.4. The number of nitrogens with one attached hydrogen (secondary N) is 1. The Balaban J connectivity index is 2.71. The fraction of sp³-hybridized carbons (Fsp3) is 0.500. The summed E-state index contributed by atoms with van der Waals surface area (Å²) >= 11 is 0. The first kappa shape index (κ1) is 9.88. The highest BCUT2D eigenvalue weighted by Crippen LogP contribution is 2.27. The van der Waals surface area contributed by atoms with E-state index in [9.17, 15) is 22.8 Å². The minimum Gasteiger partial charge on any atom is -0.406 e. The van der Waals surface area contributed by atoms with Crippen LogP contribution < -0.4 is 15.0 Å². The molecule has 0 spiro atoms. The number of carbonyl (C=O) groups excluding carboxylic acids is 2. The summed E-state index contributed by atoms with van der Waals surface area (Å²) in [5.74, 6) is -3.41. The summed E-state index contributed by atoms with van der Waals surface area (Å²) in [4.78, 5) is 23.7. The van der Waals surface area contributed by atoms with Crippen molar-refractivity contribution in [2.75, 3.05) is 30.9 Å². The molecule has 0 aromatic heterocycles. The molecule has 2 amide bonds. The molecule has 1 atom stereocenters. The summed E-state index contributed by atoms with van der Waals surface area (Å²) < 4.78 is 115. The lowest BCUT2D eigenvalue weighted by atomic mass is 10.2. The van der Waals surface area contributed by atoms with Crippen molar-refractivity contribution in [3.63, 3.8) is 0 Å². The predicted molar refractivity (Wildman–Crippen MR) is 85.2 cm³/mol. The van der Waals surface area contributed by atoms with Crippen LogP contribution in [0.5, 0.6) is 5.75 Å². The van der Waals surface area contributed by atoms with Crippen molar-refractivity contribution < 1.29 is 39.8 Å². The Kier molecular flexibility index (Phi) is 3.01. The van der Waals surface area contributed by atoms with Gasteiger partial charge in [0, 0.05) is 44.7 Å². The zero-order valence-electron chi connectivity index (χ0n) is 22.1. The third-order valence-electron chi connectivity index (χ3n) is 2.80. The van der Waals surface area contributed by atoms with Gasteiger partial charge >= 0.3 is 6.36 Å². The summed E-state index contributed by atoms with van der Waals surface area (Å²) in [7, 11) is 0. The van der Waals surface area contributed by atoms with Gasteiger partial charge in [0.15, 0.2) is 0 Å². The number of amides is 2. The minimum atomic E-state index is -5.26. The van der Waals surface area contributed by atoms with Gasteiger partial charge in [-0.05, 0) is 19.0 Å². The summed E-state index contributed by atoms with van der Waals surface area (Å²) in [6.45, 7) is -12.3. The summed E-state index contributed by atoms with van der Waals surface area (Å²) in [5, 5.41) is 2.08. The molecule has 0 radical (unpaired) electrons. The standard InChI is InChI=1S/C16H20F3N3O3/c1-11(20-12(2)23)15(24)22-8-6-21(7-9-22)13-4-3-5-14(10-13)25-16(17,18)19/h3-5,10-11H,6-9H2,1-2H3,(H,20,23)/t11-/m0/s1/i5D,6D2,7D2,8D2,9D2. The van der Waals surface area contributed by atoms with E-state index < -0.39 is 67.7 Å². The van der Waals surface area contributed by atoms with Gasteiger partial charge in [-0.15, -0.1) is 13.2 Å². The molecule has 1 aromatic rings. The van der Waals surface area contributed by atoms with Gasteiger partial charge in [0.05, 0.1) is 12.3 Å². The van der Waals surface area contributed by atoms with Gasteiger partial charge in [0.1, 0.15) is 11.8 Å². The first-order valence-electron chi connectivity index (χ1n) is 11.4. The number of nitrogens with zero attached hydrogens (tertiary/aromatic N) is 2. The van der Waals surface area contributed by atoms with Crippen molar-refractivity contribution in [1.29, 1.82) is 0 Å². The molecule has 6 nitrogen and oxygen atoms in total. The number of piperazine rings is 1. The number of rotatable bonds is 4. The van der Waals surface area contributed by atoms with E-state index in [0.717, 1.165) is 19.9 Å². The lowest BCUT2D eigenvalue weighted by Crippen LogP contribution is -2.54. The molecule has 0 aliphatic carbocycles. The van der Waals surface area contributed by atoms with Crippen LogP contribution in [-0.4, -0.2) is 55.1 Å². The minimum absolute atomic E-state index is 0.0878. The van der Waals surface area contributed by atoms with Crippen molar-refractivity contribution in [3.05, 3.63) is 24.2 Å². The van der Waals surface area contributed by atoms with Gasteiger partial charge in [0.2, 0.25) is 11.8 Å². The van der Waals surface area contributed by atoms with Crippen LogP contribution in [0.1, 0.15) is 26.2 Å². The molecule has 0 unspecified atom stereocenters. The predicted octanol–water partition coefficient (Wildman–Crippen LogP) is 1.76. The van der Waals surface area contributed by atoms with Gasteiger partial charge < -0.3 is 19.9 Å². The Morgan fingerprint density at radius 1 is 1.36 bits per heavy atom. The van der Waals surface area contributed by atoms with E-state index in [1.807, 2.05) is 0 Å². The number of carbonyl (C=O) groups is 2. The van der Waals surface area contributed by atoms with Crippen LogP contribution in [0.15, 0.2) is 24.2 Å². The number of ether oxygens (including phenoxy) is 1. The lowest BCUT2D eigenvalue weighted by Gasteiger charge is -2.37. The first-order chi connectivity index (χ1) is 15.1. The van der Waals surface area contributed by atoms with Crippen LogP contribution in [-0.2, 0) is 9.59 Å². The molecule has 1 saturated heterocycles. The maximum Gasteiger partial charge on any atom is 0.573 e. The topological polar surface area (TPSA) is 61.9 Å². The van der Waals surface area contributed by atoms with Crippen molar-refractivity contribution in [2.24, 2.45) is 0 Å². The summed E-state index contributed by atoms with van der Waals surface area (Å²) in [6.07, 6.45) is -5.26. The van der Waals surface area contributed by atoms with Crippen LogP contribution in [0.4, 0.5) is 18.9 Å². The van der Waals surface area contributed by atoms with E-state index in [0.29, 0.717) is 12.1 Å². The zero-order valence-corrected chi connectivity index (χ0v) is 13.1. The monoisotopic (exact) mass is 368 g/mol. The van der Waals surface area contributed by atoms with Crippen molar-refractivity contribution in [3.8, 4) is 5.75 Å². The molecule has 0 bridgehead atoms. The van der Waals surface area contributed by atoms with Crippen molar-refractivity contribution >= 4 is 17.5 Å². The number of anilines is 1. The molecule has 25 heavy (non-hydrogen) atoms. The third-order valence-corrected chi connectivity index (χ3v) is 2.80. The Labute approximate surface area is 156 Å². The highest BCUT2D eigenvalue weighted by Gasteiger charge is 2.31. The largest absolute Gasteiger partial charge is 0.573 e. The van der Waals surface area contributed by atoms with Gasteiger partial charge in [-0.25, -0.2) is 0 Å². The molecule has 1 heterocycles. The van der Waals surface area contributed by atoms with Gasteiger partial charge in [-0.1, -0.05) is 6.07 Å². The molecular formula is C16H20F3N3O3. The maximum atomic E-state index is 12.8. The third kappa shape index (κ3) is 5.54. The van der Waals surface area contributed by atoms with Gasteiger partial charge in [0.25, 0.3) is 0 Å². The smallest absolute Gasteiger partial charge is 0.406 e. The molecule has 1 aliphatic heterocycles. The Morgan fingerprint density at radius 3 is 2.56 bits per heavy atom. The SMILES string of the molecule is [2H]c1ccc(N2C([2H])([2H])C([2H])([2H])N(C(=O)[C@H](C)NC(C)=O)C([2H])([2H])C2([2H])[2H])cc1OC(F)(F)F. The van der Waals surface area contributed by atoms with Crippen LogP contribution in [0.3, 0.4) is 0 Å². The Morgan fingerprint density at radius 2 is 2.00 bits per heavy atom. The quantitative estimate of drug-likeness (QED) is 0.880. The molecule has 2 rings (SSSR count). The second kappa shape index (κ2) is 7.62. The molecule has 1 aromatic carbocycles. The van der Waals surface area contributed by atoms with Crippen LogP contribution >= 0.6 is 0 Å². The molecule has 1 aliphatic rings. The second-order valence-corrected chi connectivity index (χ2v) is 4.84. The van der Waals surface area contributed by atoms with Crippen LogP contribution in [0.2, 0.25) is 0 Å². The number of hydrogen-bond donors (Lipinski definition) is 1. The fourth-order valence-corrected chi connectivity index (χ4v) is 1.81. The number of benzene rings is 1. The van der Waals surface area contributed by atoms with Crippen LogP contribution in [0.25, 0.3) is 0 Å². The van der Waals surface area contributed by atoms with E-state index in [2.05, 4.69) is 10.1 Å². The molecule has 9 heteroatoms. The Bertz CT molecular complexity index is 963. The number of halogens is 3. The summed E-state index contributed by atoms with van der Waals surface area (Å²) in [6, 6.07) is -0.495. The fourth-order valence-electron chi connectivity index (χ4n) is 1.81. The Hall–Kier alpha value is -2.45. The van der Waals surface area contributed by atoms with E-state index >= 15 is 0 Å². The molecule has 0 saturated carbocycles. The highest BCUT2D eigenvalue weighted by molar-refractivity contribution is 5.86. The molecule has 138 valence electrons. The normalized spacial score (nSPS) is 29.7. The van der Waals surface area contributed by atoms with Gasteiger partial charge in [-0.2, -0.15) is 0 Å². The number of alkyl halides is 3. The summed E-state index contributed by atoms with van der Waals surface area (Å²) in [5.41, 5.74) is -0.792. The average Bonchev–Trinajstić information content (AvgIpc) is 2.60. The first-order valence-corrected chi connectivity index (χ1v) is 6.87. The zero-order chi connectivity index (χ0) is 26.7. The van der Waals surface area contributed by atoms with E-state index in [1.165, 1.54) is 0 Å². The average molecular weight is 368 g/mol. The van der Waals surface area contributed by atoms with Gasteiger partial charge in [-0.3, -0.25) is 9.59 Å². The molecular weight excluding hydrogens is 339 g/mol. The van der Waals surface area contributed by atoms with E-state index in [1.54, 1.807) is 0 Å². The lowest BCUT2D eigenvalue weighted by molar-refractivity contribution is -0.274.